The molecule has 4 heteroatoms. The molecule has 1 amide bonds. The molecule has 3 rings (SSSR count). The molecule has 1 atom stereocenters. The molecule has 0 aliphatic carbocycles. The Labute approximate surface area is 141 Å². The van der Waals surface area contributed by atoms with Crippen LogP contribution in [-0.2, 0) is 11.3 Å². The van der Waals surface area contributed by atoms with E-state index < -0.39 is 0 Å². The van der Waals surface area contributed by atoms with Gasteiger partial charge in [-0.1, -0.05) is 23.8 Å². The summed E-state index contributed by atoms with van der Waals surface area (Å²) in [5.74, 6) is 0.103. The molecular weight excluding hydrogens is 306 g/mol. The van der Waals surface area contributed by atoms with Crippen molar-refractivity contribution < 1.29 is 9.53 Å². The lowest BCUT2D eigenvalue weighted by molar-refractivity contribution is 0.0509. The van der Waals surface area contributed by atoms with Crippen molar-refractivity contribution in [3.63, 3.8) is 0 Å². The Morgan fingerprint density at radius 1 is 1.35 bits per heavy atom. The number of hydrogen-bond acceptors (Lipinski definition) is 3. The summed E-state index contributed by atoms with van der Waals surface area (Å²) in [6, 6.07) is 10.1. The summed E-state index contributed by atoms with van der Waals surface area (Å²) in [7, 11) is 0. The monoisotopic (exact) mass is 329 g/mol. The molecule has 1 aromatic heterocycles. The minimum absolute atomic E-state index is 0.103. The number of hydrogen-bond donors (Lipinski definition) is 0. The highest BCUT2D eigenvalue weighted by atomic mass is 32.1. The number of thiophene rings is 1. The summed E-state index contributed by atoms with van der Waals surface area (Å²) >= 11 is 1.69. The molecule has 2 heterocycles. The van der Waals surface area contributed by atoms with Crippen LogP contribution in [0.5, 0.6) is 0 Å². The van der Waals surface area contributed by atoms with E-state index in [0.29, 0.717) is 13.1 Å². The Balaban J connectivity index is 1.81. The third-order valence-corrected chi connectivity index (χ3v) is 5.14. The highest BCUT2D eigenvalue weighted by Crippen LogP contribution is 2.20. The number of aryl methyl sites for hydroxylation is 2. The van der Waals surface area contributed by atoms with E-state index in [-0.39, 0.29) is 12.0 Å². The third-order valence-electron chi connectivity index (χ3n) is 4.27. The second-order valence-electron chi connectivity index (χ2n) is 6.22. The predicted molar refractivity (Wildman–Crippen MR) is 93.9 cm³/mol. The Morgan fingerprint density at radius 3 is 2.87 bits per heavy atom. The standard InChI is InChI=1S/C19H23NO2S/c1-14-7-8-18(15(2)11-14)19(21)20(12-16-5-3-9-22-16)13-17-6-4-10-23-17/h4,6-8,10-11,16H,3,5,9,12-13H2,1-2H3. The Kier molecular flexibility index (Phi) is 5.13. The molecule has 1 aromatic carbocycles. The van der Waals surface area contributed by atoms with Crippen LogP contribution in [0.4, 0.5) is 0 Å². The molecule has 2 aromatic rings. The lowest BCUT2D eigenvalue weighted by Gasteiger charge is -2.26. The van der Waals surface area contributed by atoms with Gasteiger partial charge in [0.15, 0.2) is 0 Å². The van der Waals surface area contributed by atoms with E-state index >= 15 is 0 Å². The fourth-order valence-corrected chi connectivity index (χ4v) is 3.79. The molecule has 0 N–H and O–H groups in total. The van der Waals surface area contributed by atoms with Gasteiger partial charge in [0.1, 0.15) is 0 Å². The first-order valence-electron chi connectivity index (χ1n) is 8.14. The third kappa shape index (κ3) is 4.01. The van der Waals surface area contributed by atoms with Gasteiger partial charge < -0.3 is 9.64 Å². The number of carbonyl (C=O) groups is 1. The number of ether oxygens (including phenoxy) is 1. The minimum Gasteiger partial charge on any atom is -0.376 e. The van der Waals surface area contributed by atoms with E-state index in [1.54, 1.807) is 11.3 Å². The van der Waals surface area contributed by atoms with Crippen LogP contribution in [0.2, 0.25) is 0 Å². The molecule has 23 heavy (non-hydrogen) atoms. The van der Waals surface area contributed by atoms with Gasteiger partial charge in [-0.2, -0.15) is 0 Å². The van der Waals surface area contributed by atoms with Crippen molar-refractivity contribution >= 4 is 17.2 Å². The Hall–Kier alpha value is -1.65. The van der Waals surface area contributed by atoms with Crippen LogP contribution in [0.15, 0.2) is 35.7 Å². The van der Waals surface area contributed by atoms with Crippen LogP contribution in [-0.4, -0.2) is 30.1 Å². The molecule has 1 unspecified atom stereocenters. The van der Waals surface area contributed by atoms with Crippen molar-refractivity contribution in [2.45, 2.75) is 39.3 Å². The molecule has 1 saturated heterocycles. The van der Waals surface area contributed by atoms with Gasteiger partial charge in [-0.15, -0.1) is 11.3 Å². The van der Waals surface area contributed by atoms with Crippen LogP contribution in [0.1, 0.15) is 39.2 Å². The van der Waals surface area contributed by atoms with Crippen LogP contribution in [0.3, 0.4) is 0 Å². The second kappa shape index (κ2) is 7.28. The van der Waals surface area contributed by atoms with Crippen LogP contribution in [0, 0.1) is 13.8 Å². The lowest BCUT2D eigenvalue weighted by atomic mass is 10.0. The SMILES string of the molecule is Cc1ccc(C(=O)N(Cc2cccs2)CC2CCCO2)c(C)c1. The van der Waals surface area contributed by atoms with Gasteiger partial charge in [-0.05, 0) is 49.8 Å². The topological polar surface area (TPSA) is 29.5 Å². The summed E-state index contributed by atoms with van der Waals surface area (Å²) in [4.78, 5) is 16.2. The van der Waals surface area contributed by atoms with E-state index in [4.69, 9.17) is 4.74 Å². The summed E-state index contributed by atoms with van der Waals surface area (Å²) in [6.45, 7) is 6.20. The molecule has 0 bridgehead atoms. The summed E-state index contributed by atoms with van der Waals surface area (Å²) in [5, 5.41) is 2.06. The van der Waals surface area contributed by atoms with E-state index in [1.165, 1.54) is 10.4 Å². The van der Waals surface area contributed by atoms with Crippen LogP contribution < -0.4 is 0 Å². The fourth-order valence-electron chi connectivity index (χ4n) is 3.07. The number of carbonyl (C=O) groups excluding carboxylic acids is 1. The molecular formula is C19H23NO2S. The molecule has 0 spiro atoms. The first-order chi connectivity index (χ1) is 11.1. The fraction of sp³-hybridized carbons (Fsp3) is 0.421. The maximum absolute atomic E-state index is 13.1. The van der Waals surface area contributed by atoms with Crippen molar-refractivity contribution in [1.82, 2.24) is 4.90 Å². The Morgan fingerprint density at radius 2 is 2.22 bits per heavy atom. The van der Waals surface area contributed by atoms with Crippen molar-refractivity contribution in [1.29, 1.82) is 0 Å². The van der Waals surface area contributed by atoms with Crippen LogP contribution in [0.25, 0.3) is 0 Å². The molecule has 1 fully saturated rings. The molecule has 0 saturated carbocycles. The Bertz CT molecular complexity index is 660. The number of benzene rings is 1. The highest BCUT2D eigenvalue weighted by Gasteiger charge is 2.24. The maximum Gasteiger partial charge on any atom is 0.254 e. The van der Waals surface area contributed by atoms with Crippen molar-refractivity contribution in [2.75, 3.05) is 13.2 Å². The first-order valence-corrected chi connectivity index (χ1v) is 9.02. The molecule has 0 radical (unpaired) electrons. The highest BCUT2D eigenvalue weighted by molar-refractivity contribution is 7.09. The molecule has 3 nitrogen and oxygen atoms in total. The molecule has 122 valence electrons. The minimum atomic E-state index is 0.103. The zero-order chi connectivity index (χ0) is 16.2. The zero-order valence-electron chi connectivity index (χ0n) is 13.7. The van der Waals surface area contributed by atoms with Gasteiger partial charge in [0.25, 0.3) is 5.91 Å². The quantitative estimate of drug-likeness (QED) is 0.823. The van der Waals surface area contributed by atoms with Gasteiger partial charge in [0.2, 0.25) is 0 Å². The van der Waals surface area contributed by atoms with Gasteiger partial charge in [0.05, 0.1) is 12.6 Å². The van der Waals surface area contributed by atoms with Gasteiger partial charge in [0, 0.05) is 23.6 Å². The average molecular weight is 329 g/mol. The zero-order valence-corrected chi connectivity index (χ0v) is 14.6. The number of rotatable bonds is 5. The molecule has 1 aliphatic heterocycles. The molecule has 1 aliphatic rings. The largest absolute Gasteiger partial charge is 0.376 e. The normalized spacial score (nSPS) is 17.4. The predicted octanol–water partition coefficient (Wildman–Crippen LogP) is 4.19. The van der Waals surface area contributed by atoms with E-state index in [2.05, 4.69) is 24.4 Å². The average Bonchev–Trinajstić information content (AvgIpc) is 3.19. The summed E-state index contributed by atoms with van der Waals surface area (Å²) < 4.78 is 5.75. The second-order valence-corrected chi connectivity index (χ2v) is 7.25. The van der Waals surface area contributed by atoms with E-state index in [9.17, 15) is 4.79 Å². The smallest absolute Gasteiger partial charge is 0.254 e. The number of amides is 1. The van der Waals surface area contributed by atoms with Gasteiger partial charge in [-0.3, -0.25) is 4.79 Å². The van der Waals surface area contributed by atoms with Crippen molar-refractivity contribution in [2.24, 2.45) is 0 Å². The number of nitrogens with zero attached hydrogens (tertiary/aromatic N) is 1. The first kappa shape index (κ1) is 16.2. The van der Waals surface area contributed by atoms with Crippen molar-refractivity contribution in [3.8, 4) is 0 Å². The van der Waals surface area contributed by atoms with E-state index in [1.807, 2.05) is 30.0 Å². The summed E-state index contributed by atoms with van der Waals surface area (Å²) in [5.41, 5.74) is 3.02. The van der Waals surface area contributed by atoms with Gasteiger partial charge >= 0.3 is 0 Å². The summed E-state index contributed by atoms with van der Waals surface area (Å²) in [6.07, 6.45) is 2.31. The maximum atomic E-state index is 13.1. The lowest BCUT2D eigenvalue weighted by Crippen LogP contribution is -2.37. The van der Waals surface area contributed by atoms with E-state index in [0.717, 1.165) is 30.6 Å². The van der Waals surface area contributed by atoms with Crippen molar-refractivity contribution in [3.05, 3.63) is 57.3 Å². The van der Waals surface area contributed by atoms with Gasteiger partial charge in [-0.25, -0.2) is 0 Å². The van der Waals surface area contributed by atoms with Crippen LogP contribution >= 0.6 is 11.3 Å².